The van der Waals surface area contributed by atoms with Gasteiger partial charge in [-0.3, -0.25) is 9.48 Å². The molecule has 1 aromatic carbocycles. The highest BCUT2D eigenvalue weighted by Gasteiger charge is 2.35. The van der Waals surface area contributed by atoms with Crippen LogP contribution in [0.25, 0.3) is 0 Å². The van der Waals surface area contributed by atoms with Gasteiger partial charge in [0.05, 0.1) is 23.2 Å². The van der Waals surface area contributed by atoms with E-state index in [9.17, 15) is 17.6 Å². The summed E-state index contributed by atoms with van der Waals surface area (Å²) in [7, 11) is -3.07. The van der Waals surface area contributed by atoms with Crippen molar-refractivity contribution in [3.63, 3.8) is 0 Å². The van der Waals surface area contributed by atoms with Gasteiger partial charge in [0.1, 0.15) is 11.5 Å². The second-order valence-electron chi connectivity index (χ2n) is 6.94. The lowest BCUT2D eigenvalue weighted by Gasteiger charge is -2.14. The molecule has 1 aliphatic carbocycles. The standard InChI is InChI=1S/C18H20FN3O3S/c19-13-6-4-12(5-7-13)10-20-18(23)17-15-2-1-3-16(15)21-22(17)14-8-9-26(24,25)11-14/h4-7,14H,1-3,8-11H2,(H,20,23)/t14-/m0/s1. The number of sulfone groups is 1. The molecular weight excluding hydrogens is 357 g/mol. The number of hydrogen-bond donors (Lipinski definition) is 1. The number of halogens is 1. The van der Waals surface area contributed by atoms with E-state index in [1.54, 1.807) is 16.8 Å². The Kier molecular flexibility index (Phi) is 4.30. The predicted molar refractivity (Wildman–Crippen MR) is 94.1 cm³/mol. The average Bonchev–Trinajstić information content (AvgIpc) is 3.27. The number of hydrogen-bond acceptors (Lipinski definition) is 4. The highest BCUT2D eigenvalue weighted by Crippen LogP contribution is 2.31. The number of amides is 1. The predicted octanol–water partition coefficient (Wildman–Crippen LogP) is 1.80. The summed E-state index contributed by atoms with van der Waals surface area (Å²) in [4.78, 5) is 12.8. The first kappa shape index (κ1) is 17.2. The number of rotatable bonds is 4. The number of aromatic nitrogens is 2. The summed E-state index contributed by atoms with van der Waals surface area (Å²) in [6.45, 7) is 0.280. The molecular formula is C18H20FN3O3S. The fourth-order valence-corrected chi connectivity index (χ4v) is 5.45. The summed E-state index contributed by atoms with van der Waals surface area (Å²) in [5, 5.41) is 7.43. The van der Waals surface area contributed by atoms with Crippen molar-refractivity contribution in [1.82, 2.24) is 15.1 Å². The molecule has 4 rings (SSSR count). The van der Waals surface area contributed by atoms with Crippen molar-refractivity contribution in [3.8, 4) is 0 Å². The molecule has 8 heteroatoms. The van der Waals surface area contributed by atoms with Gasteiger partial charge in [0.15, 0.2) is 9.84 Å². The maximum atomic E-state index is 13.0. The Balaban J connectivity index is 1.58. The first-order valence-corrected chi connectivity index (χ1v) is 10.6. The topological polar surface area (TPSA) is 81.1 Å². The fourth-order valence-electron chi connectivity index (χ4n) is 3.75. The van der Waals surface area contributed by atoms with Crippen LogP contribution in [0.5, 0.6) is 0 Å². The molecule has 26 heavy (non-hydrogen) atoms. The van der Waals surface area contributed by atoms with Crippen LogP contribution in [0.15, 0.2) is 24.3 Å². The van der Waals surface area contributed by atoms with Gasteiger partial charge in [0.2, 0.25) is 0 Å². The van der Waals surface area contributed by atoms with Gasteiger partial charge in [-0.1, -0.05) is 12.1 Å². The molecule has 2 aliphatic rings. The number of aryl methyl sites for hydroxylation is 1. The van der Waals surface area contributed by atoms with Gasteiger partial charge in [-0.25, -0.2) is 12.8 Å². The number of nitrogens with one attached hydrogen (secondary N) is 1. The van der Waals surface area contributed by atoms with Crippen LogP contribution in [0.2, 0.25) is 0 Å². The Morgan fingerprint density at radius 2 is 2.04 bits per heavy atom. The molecule has 0 spiro atoms. The third-order valence-electron chi connectivity index (χ3n) is 5.07. The molecule has 0 bridgehead atoms. The first-order chi connectivity index (χ1) is 12.4. The summed E-state index contributed by atoms with van der Waals surface area (Å²) in [5.41, 5.74) is 3.12. The van der Waals surface area contributed by atoms with E-state index in [1.807, 2.05) is 0 Å². The quantitative estimate of drug-likeness (QED) is 0.881. The van der Waals surface area contributed by atoms with E-state index in [2.05, 4.69) is 10.4 Å². The number of carbonyl (C=O) groups excluding carboxylic acids is 1. The lowest BCUT2D eigenvalue weighted by atomic mass is 10.1. The second kappa shape index (κ2) is 6.50. The Hall–Kier alpha value is -2.22. The van der Waals surface area contributed by atoms with E-state index in [4.69, 9.17) is 0 Å². The Morgan fingerprint density at radius 1 is 1.27 bits per heavy atom. The zero-order valence-electron chi connectivity index (χ0n) is 14.2. The van der Waals surface area contributed by atoms with Crippen LogP contribution in [0, 0.1) is 5.82 Å². The molecule has 1 atom stereocenters. The minimum absolute atomic E-state index is 0.0335. The van der Waals surface area contributed by atoms with Crippen LogP contribution < -0.4 is 5.32 Å². The summed E-state index contributed by atoms with van der Waals surface area (Å²) in [6, 6.07) is 5.68. The van der Waals surface area contributed by atoms with Crippen molar-refractivity contribution in [1.29, 1.82) is 0 Å². The van der Waals surface area contributed by atoms with Crippen molar-refractivity contribution in [3.05, 3.63) is 52.6 Å². The Bertz CT molecular complexity index is 951. The molecule has 1 aromatic heterocycles. The number of benzene rings is 1. The third-order valence-corrected chi connectivity index (χ3v) is 6.82. The maximum Gasteiger partial charge on any atom is 0.270 e. The lowest BCUT2D eigenvalue weighted by molar-refractivity contribution is 0.0937. The number of nitrogens with zero attached hydrogens (tertiary/aromatic N) is 2. The van der Waals surface area contributed by atoms with Crippen LogP contribution in [-0.2, 0) is 29.2 Å². The molecule has 2 heterocycles. The average molecular weight is 377 g/mol. The van der Waals surface area contributed by atoms with Gasteiger partial charge in [-0.2, -0.15) is 5.10 Å². The molecule has 2 aromatic rings. The Morgan fingerprint density at radius 3 is 2.73 bits per heavy atom. The normalized spacial score (nSPS) is 20.9. The molecule has 1 aliphatic heterocycles. The van der Waals surface area contributed by atoms with Gasteiger partial charge in [0.25, 0.3) is 5.91 Å². The smallest absolute Gasteiger partial charge is 0.270 e. The SMILES string of the molecule is O=C(NCc1ccc(F)cc1)c1c2c(nn1[C@H]1CCS(=O)(=O)C1)CCC2. The molecule has 138 valence electrons. The van der Waals surface area contributed by atoms with E-state index in [1.165, 1.54) is 12.1 Å². The molecule has 1 N–H and O–H groups in total. The Labute approximate surface area is 151 Å². The minimum Gasteiger partial charge on any atom is -0.347 e. The van der Waals surface area contributed by atoms with Crippen LogP contribution >= 0.6 is 0 Å². The van der Waals surface area contributed by atoms with Gasteiger partial charge in [-0.15, -0.1) is 0 Å². The largest absolute Gasteiger partial charge is 0.347 e. The van der Waals surface area contributed by atoms with Gasteiger partial charge in [0, 0.05) is 12.1 Å². The highest BCUT2D eigenvalue weighted by molar-refractivity contribution is 7.91. The minimum atomic E-state index is -3.07. The van der Waals surface area contributed by atoms with E-state index >= 15 is 0 Å². The summed E-state index contributed by atoms with van der Waals surface area (Å²) in [6.07, 6.45) is 3.05. The lowest BCUT2D eigenvalue weighted by Crippen LogP contribution is -2.28. The zero-order chi connectivity index (χ0) is 18.3. The van der Waals surface area contributed by atoms with Crippen LogP contribution in [0.1, 0.15) is 46.2 Å². The summed E-state index contributed by atoms with van der Waals surface area (Å²) < 4.78 is 38.3. The molecule has 0 unspecified atom stereocenters. The van der Waals surface area contributed by atoms with Crippen molar-refractivity contribution >= 4 is 15.7 Å². The fraction of sp³-hybridized carbons (Fsp3) is 0.444. The second-order valence-corrected chi connectivity index (χ2v) is 9.17. The van der Waals surface area contributed by atoms with E-state index in [-0.39, 0.29) is 35.8 Å². The third kappa shape index (κ3) is 3.25. The molecule has 1 saturated heterocycles. The summed E-state index contributed by atoms with van der Waals surface area (Å²) >= 11 is 0. The van der Waals surface area contributed by atoms with Crippen molar-refractivity contribution in [2.24, 2.45) is 0 Å². The van der Waals surface area contributed by atoms with Gasteiger partial charge < -0.3 is 5.32 Å². The van der Waals surface area contributed by atoms with E-state index in [0.29, 0.717) is 12.1 Å². The van der Waals surface area contributed by atoms with Crippen molar-refractivity contribution in [2.75, 3.05) is 11.5 Å². The van der Waals surface area contributed by atoms with Gasteiger partial charge in [-0.05, 0) is 43.4 Å². The van der Waals surface area contributed by atoms with Crippen LogP contribution in [0.4, 0.5) is 4.39 Å². The maximum absolute atomic E-state index is 13.0. The first-order valence-electron chi connectivity index (χ1n) is 8.76. The van der Waals surface area contributed by atoms with E-state index in [0.717, 1.165) is 36.1 Å². The zero-order valence-corrected chi connectivity index (χ0v) is 15.1. The van der Waals surface area contributed by atoms with Gasteiger partial charge >= 0.3 is 0 Å². The van der Waals surface area contributed by atoms with Crippen LogP contribution in [0.3, 0.4) is 0 Å². The van der Waals surface area contributed by atoms with Crippen molar-refractivity contribution < 1.29 is 17.6 Å². The number of carbonyl (C=O) groups is 1. The molecule has 6 nitrogen and oxygen atoms in total. The molecule has 0 radical (unpaired) electrons. The molecule has 1 fully saturated rings. The summed E-state index contributed by atoms with van der Waals surface area (Å²) in [5.74, 6) is -0.405. The highest BCUT2D eigenvalue weighted by atomic mass is 32.2. The van der Waals surface area contributed by atoms with Crippen molar-refractivity contribution in [2.45, 2.75) is 38.3 Å². The molecule has 0 saturated carbocycles. The van der Waals surface area contributed by atoms with Crippen LogP contribution in [-0.4, -0.2) is 35.6 Å². The number of fused-ring (bicyclic) bond motifs is 1. The monoisotopic (exact) mass is 377 g/mol. The van der Waals surface area contributed by atoms with E-state index < -0.39 is 9.84 Å². The molecule has 1 amide bonds.